The fourth-order valence-corrected chi connectivity index (χ4v) is 4.27. The largest absolute Gasteiger partial charge is 0.505 e. The molecule has 3 aromatic rings. The van der Waals surface area contributed by atoms with Gasteiger partial charge in [0.05, 0.1) is 18.2 Å². The highest BCUT2D eigenvalue weighted by molar-refractivity contribution is 6.01. The molecule has 184 valence electrons. The number of pyridine rings is 2. The predicted molar refractivity (Wildman–Crippen MR) is 127 cm³/mol. The van der Waals surface area contributed by atoms with Gasteiger partial charge in [-0.05, 0) is 49.1 Å². The topological polar surface area (TPSA) is 127 Å². The third kappa shape index (κ3) is 5.17. The quantitative estimate of drug-likeness (QED) is 0.450. The molecule has 0 bridgehead atoms. The number of amides is 2. The minimum absolute atomic E-state index is 0.00101. The average molecular weight is 483 g/mol. The Balaban J connectivity index is 1.62. The van der Waals surface area contributed by atoms with Crippen molar-refractivity contribution < 1.29 is 24.2 Å². The van der Waals surface area contributed by atoms with Gasteiger partial charge in [-0.15, -0.1) is 0 Å². The molecule has 1 fully saturated rings. The van der Waals surface area contributed by atoms with Crippen LogP contribution in [0.4, 0.5) is 4.39 Å². The lowest BCUT2D eigenvalue weighted by Gasteiger charge is -2.30. The predicted octanol–water partition coefficient (Wildman–Crippen LogP) is 1.80. The fourth-order valence-electron chi connectivity index (χ4n) is 4.27. The molecule has 4 rings (SSSR count). The van der Waals surface area contributed by atoms with Crippen LogP contribution in [0.1, 0.15) is 41.3 Å². The zero-order valence-electron chi connectivity index (χ0n) is 19.3. The van der Waals surface area contributed by atoms with Crippen molar-refractivity contribution in [3.63, 3.8) is 0 Å². The molecule has 0 radical (unpaired) electrons. The van der Waals surface area contributed by atoms with E-state index in [-0.39, 0.29) is 42.5 Å². The first-order valence-electron chi connectivity index (χ1n) is 11.5. The number of aromatic nitrogens is 2. The fraction of sp³-hybridized carbons (Fsp3) is 0.360. The molecule has 1 aliphatic rings. The second kappa shape index (κ2) is 10.2. The minimum atomic E-state index is -0.784. The van der Waals surface area contributed by atoms with E-state index in [9.17, 15) is 29.0 Å². The van der Waals surface area contributed by atoms with Crippen molar-refractivity contribution in [2.45, 2.75) is 32.2 Å². The highest BCUT2D eigenvalue weighted by atomic mass is 19.1. The smallest absolute Gasteiger partial charge is 0.265 e. The molecule has 2 amide bonds. The lowest BCUT2D eigenvalue weighted by atomic mass is 10.1. The molecule has 1 aromatic carbocycles. The summed E-state index contributed by atoms with van der Waals surface area (Å²) in [6.07, 6.45) is 3.17. The number of rotatable bonds is 8. The summed E-state index contributed by atoms with van der Waals surface area (Å²) in [5, 5.41) is 20.5. The normalized spacial score (nSPS) is 14.5. The Bertz CT molecular complexity index is 1310. The van der Waals surface area contributed by atoms with Crippen LogP contribution in [0.2, 0.25) is 0 Å². The zero-order valence-corrected chi connectivity index (χ0v) is 19.3. The maximum absolute atomic E-state index is 13.3. The number of aromatic amines is 1. The minimum Gasteiger partial charge on any atom is -0.505 e. The van der Waals surface area contributed by atoms with Gasteiger partial charge in [0.2, 0.25) is 5.91 Å². The molecule has 2 aromatic heterocycles. The number of likely N-dealkylation sites (tertiary alicyclic amines) is 1. The van der Waals surface area contributed by atoms with Crippen molar-refractivity contribution in [2.75, 3.05) is 26.2 Å². The van der Waals surface area contributed by atoms with Crippen molar-refractivity contribution in [3.8, 4) is 5.75 Å². The number of carbonyl (C=O) groups is 2. The zero-order chi connectivity index (χ0) is 25.1. The van der Waals surface area contributed by atoms with Gasteiger partial charge in [0, 0.05) is 32.3 Å². The third-order valence-corrected chi connectivity index (χ3v) is 6.26. The maximum Gasteiger partial charge on any atom is 0.265 e. The Hall–Kier alpha value is -3.79. The van der Waals surface area contributed by atoms with Crippen molar-refractivity contribution in [1.82, 2.24) is 19.8 Å². The van der Waals surface area contributed by atoms with Crippen molar-refractivity contribution in [2.24, 2.45) is 0 Å². The van der Waals surface area contributed by atoms with E-state index in [1.54, 1.807) is 30.0 Å². The summed E-state index contributed by atoms with van der Waals surface area (Å²) < 4.78 is 13.2. The van der Waals surface area contributed by atoms with Gasteiger partial charge in [-0.2, -0.15) is 0 Å². The maximum atomic E-state index is 13.3. The highest BCUT2D eigenvalue weighted by Crippen LogP contribution is 2.26. The molecule has 3 N–H and O–H groups in total. The van der Waals surface area contributed by atoms with Gasteiger partial charge in [0.15, 0.2) is 5.75 Å². The SMILES string of the molecule is CC(CO)N(CCN1CCCC1=O)C(=O)c1c(O)c2ncc(Cc3ccc(F)cc3)cc2[nH]c1=O. The Morgan fingerprint density at radius 2 is 2.00 bits per heavy atom. The van der Waals surface area contributed by atoms with E-state index in [1.807, 2.05) is 0 Å². The van der Waals surface area contributed by atoms with Crippen molar-refractivity contribution >= 4 is 22.8 Å². The van der Waals surface area contributed by atoms with Gasteiger partial charge >= 0.3 is 0 Å². The molecular weight excluding hydrogens is 455 g/mol. The molecule has 0 spiro atoms. The Morgan fingerprint density at radius 3 is 2.66 bits per heavy atom. The van der Waals surface area contributed by atoms with Crippen LogP contribution < -0.4 is 5.56 Å². The standard InChI is InChI=1S/C25H27FN4O5/c1-15(14-31)30(10-9-29-8-2-3-20(29)32)25(35)21-23(33)22-19(28-24(21)34)12-17(13-27-22)11-16-4-6-18(26)7-5-16/h4-7,12-13,15,31H,2-3,8-11,14H2,1H3,(H2,28,33,34). The summed E-state index contributed by atoms with van der Waals surface area (Å²) in [6, 6.07) is 7.01. The number of hydrogen-bond donors (Lipinski definition) is 3. The van der Waals surface area contributed by atoms with E-state index < -0.39 is 28.8 Å². The van der Waals surface area contributed by atoms with Crippen LogP contribution >= 0.6 is 0 Å². The van der Waals surface area contributed by atoms with E-state index >= 15 is 0 Å². The molecule has 3 heterocycles. The van der Waals surface area contributed by atoms with Crippen LogP contribution in [0.25, 0.3) is 11.0 Å². The van der Waals surface area contributed by atoms with Gasteiger partial charge in [-0.25, -0.2) is 4.39 Å². The molecule has 0 saturated carbocycles. The molecule has 35 heavy (non-hydrogen) atoms. The average Bonchev–Trinajstić information content (AvgIpc) is 3.25. The molecule has 1 aliphatic heterocycles. The van der Waals surface area contributed by atoms with Gasteiger partial charge in [0.25, 0.3) is 11.5 Å². The first kappa shape index (κ1) is 24.3. The van der Waals surface area contributed by atoms with Gasteiger partial charge in [0.1, 0.15) is 16.9 Å². The number of nitrogens with one attached hydrogen (secondary N) is 1. The summed E-state index contributed by atoms with van der Waals surface area (Å²) in [5.74, 6) is -1.64. The lowest BCUT2D eigenvalue weighted by Crippen LogP contribution is -2.46. The number of aromatic hydroxyl groups is 1. The van der Waals surface area contributed by atoms with Crippen molar-refractivity contribution in [3.05, 3.63) is 69.4 Å². The Labute approximate surface area is 200 Å². The summed E-state index contributed by atoms with van der Waals surface area (Å²) in [6.45, 7) is 2.24. The third-order valence-electron chi connectivity index (χ3n) is 6.26. The molecule has 1 saturated heterocycles. The van der Waals surface area contributed by atoms with Crippen LogP contribution in [-0.4, -0.2) is 74.1 Å². The summed E-state index contributed by atoms with van der Waals surface area (Å²) in [4.78, 5) is 47.9. The van der Waals surface area contributed by atoms with Gasteiger partial charge < -0.3 is 25.0 Å². The Kier molecular flexibility index (Phi) is 7.11. The van der Waals surface area contributed by atoms with Crippen LogP contribution in [-0.2, 0) is 11.2 Å². The van der Waals surface area contributed by atoms with E-state index in [0.29, 0.717) is 19.4 Å². The monoisotopic (exact) mass is 482 g/mol. The number of carbonyl (C=O) groups excluding carboxylic acids is 2. The highest BCUT2D eigenvalue weighted by Gasteiger charge is 2.29. The number of fused-ring (bicyclic) bond motifs is 1. The second-order valence-electron chi connectivity index (χ2n) is 8.74. The van der Waals surface area contributed by atoms with Crippen LogP contribution in [0.3, 0.4) is 0 Å². The molecule has 0 aliphatic carbocycles. The van der Waals surface area contributed by atoms with E-state index in [2.05, 4.69) is 9.97 Å². The molecule has 1 unspecified atom stereocenters. The summed E-state index contributed by atoms with van der Waals surface area (Å²) in [5.41, 5.74) is 0.632. The van der Waals surface area contributed by atoms with Crippen LogP contribution in [0.5, 0.6) is 5.75 Å². The number of hydrogen-bond acceptors (Lipinski definition) is 6. The first-order valence-corrected chi connectivity index (χ1v) is 11.5. The molecule has 9 nitrogen and oxygen atoms in total. The second-order valence-corrected chi connectivity index (χ2v) is 8.74. The number of nitrogens with zero attached hydrogens (tertiary/aromatic N) is 3. The molecule has 1 atom stereocenters. The van der Waals surface area contributed by atoms with E-state index in [1.165, 1.54) is 23.2 Å². The summed E-state index contributed by atoms with van der Waals surface area (Å²) in [7, 11) is 0. The number of aliphatic hydroxyl groups is 1. The summed E-state index contributed by atoms with van der Waals surface area (Å²) >= 11 is 0. The van der Waals surface area contributed by atoms with Crippen LogP contribution in [0.15, 0.2) is 41.3 Å². The lowest BCUT2D eigenvalue weighted by molar-refractivity contribution is -0.127. The van der Waals surface area contributed by atoms with Crippen LogP contribution in [0, 0.1) is 5.82 Å². The number of aliphatic hydroxyl groups excluding tert-OH is 1. The van der Waals surface area contributed by atoms with E-state index in [4.69, 9.17) is 0 Å². The van der Waals surface area contributed by atoms with E-state index in [0.717, 1.165) is 17.5 Å². The van der Waals surface area contributed by atoms with Gasteiger partial charge in [-0.3, -0.25) is 19.4 Å². The van der Waals surface area contributed by atoms with Crippen molar-refractivity contribution in [1.29, 1.82) is 0 Å². The number of halogens is 1. The Morgan fingerprint density at radius 1 is 1.26 bits per heavy atom. The van der Waals surface area contributed by atoms with Gasteiger partial charge in [-0.1, -0.05) is 12.1 Å². The molecule has 10 heteroatoms. The number of H-pyrrole nitrogens is 1. The first-order chi connectivity index (χ1) is 16.8. The molecular formula is C25H27FN4O5. The number of benzene rings is 1.